The average molecular weight is 204 g/mol. The Morgan fingerprint density at radius 2 is 2.00 bits per heavy atom. The Balaban J connectivity index is 2.86. The van der Waals surface area contributed by atoms with Gasteiger partial charge >= 0.3 is 5.69 Å². The van der Waals surface area contributed by atoms with Gasteiger partial charge in [0, 0.05) is 13.2 Å². The molecule has 0 aliphatic heterocycles. The van der Waals surface area contributed by atoms with E-state index in [2.05, 4.69) is 15.3 Å². The first kappa shape index (κ1) is 9.64. The van der Waals surface area contributed by atoms with Crippen molar-refractivity contribution in [2.45, 2.75) is 13.8 Å². The number of aromatic nitrogens is 3. The Labute approximate surface area is 86.8 Å². The Morgan fingerprint density at radius 1 is 1.27 bits per heavy atom. The zero-order chi connectivity index (χ0) is 11.0. The van der Waals surface area contributed by atoms with Crippen molar-refractivity contribution >= 4 is 11.6 Å². The summed E-state index contributed by atoms with van der Waals surface area (Å²) in [5, 5.41) is 2.76. The highest BCUT2D eigenvalue weighted by Crippen LogP contribution is 2.08. The van der Waals surface area contributed by atoms with E-state index >= 15 is 0 Å². The lowest BCUT2D eigenvalue weighted by Gasteiger charge is -2.05. The van der Waals surface area contributed by atoms with Gasteiger partial charge in [0.25, 0.3) is 0 Å². The lowest BCUT2D eigenvalue weighted by atomic mass is 10.2. The predicted octanol–water partition coefficient (Wildman–Crippen LogP) is 0.748. The molecule has 0 spiro atoms. The molecule has 0 saturated carbocycles. The van der Waals surface area contributed by atoms with Crippen LogP contribution in [0.1, 0.15) is 11.1 Å². The highest BCUT2D eigenvalue weighted by Gasteiger charge is 2.03. The van der Waals surface area contributed by atoms with Crippen LogP contribution in [0.4, 0.5) is 5.95 Å². The van der Waals surface area contributed by atoms with Crippen LogP contribution < -0.4 is 11.0 Å². The monoisotopic (exact) mass is 204 g/mol. The van der Waals surface area contributed by atoms with Crippen LogP contribution in [0, 0.1) is 13.8 Å². The van der Waals surface area contributed by atoms with Crippen molar-refractivity contribution in [1.29, 1.82) is 0 Å². The van der Waals surface area contributed by atoms with Gasteiger partial charge in [-0.2, -0.15) is 9.97 Å². The number of nitrogens with one attached hydrogen (secondary N) is 1. The number of pyridine rings is 1. The minimum absolute atomic E-state index is 0.313. The highest BCUT2D eigenvalue weighted by atomic mass is 16.1. The van der Waals surface area contributed by atoms with E-state index in [1.54, 1.807) is 13.2 Å². The van der Waals surface area contributed by atoms with Crippen LogP contribution in [-0.2, 0) is 0 Å². The number of anilines is 1. The molecule has 78 valence electrons. The zero-order valence-electron chi connectivity index (χ0n) is 8.90. The third-order valence-electron chi connectivity index (χ3n) is 2.39. The van der Waals surface area contributed by atoms with Gasteiger partial charge in [-0.15, -0.1) is 0 Å². The van der Waals surface area contributed by atoms with Crippen LogP contribution in [0.3, 0.4) is 0 Å². The van der Waals surface area contributed by atoms with Crippen LogP contribution in [0.15, 0.2) is 17.1 Å². The van der Waals surface area contributed by atoms with Crippen molar-refractivity contribution in [1.82, 2.24) is 14.4 Å². The topological polar surface area (TPSA) is 59.3 Å². The third kappa shape index (κ3) is 1.56. The molecular weight excluding hydrogens is 192 g/mol. The summed E-state index contributed by atoms with van der Waals surface area (Å²) in [5.41, 5.74) is 2.45. The van der Waals surface area contributed by atoms with Gasteiger partial charge in [0.15, 0.2) is 0 Å². The van der Waals surface area contributed by atoms with Crippen LogP contribution in [0.2, 0.25) is 0 Å². The molecule has 5 heteroatoms. The van der Waals surface area contributed by atoms with E-state index in [0.29, 0.717) is 11.6 Å². The standard InChI is InChI=1S/C10H12N4O/c1-6-4-8-12-9(11-3)13-10(15)14(8)5-7(6)2/h4-5H,1-3H3,(H,11,13,15). The fourth-order valence-corrected chi connectivity index (χ4v) is 1.37. The van der Waals surface area contributed by atoms with Gasteiger partial charge in [0.1, 0.15) is 5.65 Å². The van der Waals surface area contributed by atoms with Crippen LogP contribution in [0.5, 0.6) is 0 Å². The molecule has 2 aromatic rings. The first-order chi connectivity index (χ1) is 7.11. The lowest BCUT2D eigenvalue weighted by Crippen LogP contribution is -2.20. The molecule has 15 heavy (non-hydrogen) atoms. The normalized spacial score (nSPS) is 10.6. The maximum absolute atomic E-state index is 11.6. The quantitative estimate of drug-likeness (QED) is 0.744. The summed E-state index contributed by atoms with van der Waals surface area (Å²) in [5.74, 6) is 0.350. The molecular formula is C10H12N4O. The van der Waals surface area contributed by atoms with Gasteiger partial charge in [0.05, 0.1) is 0 Å². The van der Waals surface area contributed by atoms with E-state index in [4.69, 9.17) is 0 Å². The minimum Gasteiger partial charge on any atom is -0.357 e. The van der Waals surface area contributed by atoms with Crippen molar-refractivity contribution in [3.63, 3.8) is 0 Å². The summed E-state index contributed by atoms with van der Waals surface area (Å²) in [4.78, 5) is 19.6. The number of rotatable bonds is 1. The molecule has 5 nitrogen and oxygen atoms in total. The maximum Gasteiger partial charge on any atom is 0.356 e. The molecule has 1 N–H and O–H groups in total. The van der Waals surface area contributed by atoms with Crippen molar-refractivity contribution in [2.24, 2.45) is 0 Å². The zero-order valence-corrected chi connectivity index (χ0v) is 8.90. The van der Waals surface area contributed by atoms with Crippen molar-refractivity contribution < 1.29 is 0 Å². The fraction of sp³-hybridized carbons (Fsp3) is 0.300. The van der Waals surface area contributed by atoms with E-state index in [-0.39, 0.29) is 5.69 Å². The van der Waals surface area contributed by atoms with E-state index in [0.717, 1.165) is 11.1 Å². The van der Waals surface area contributed by atoms with Gasteiger partial charge in [-0.05, 0) is 31.0 Å². The van der Waals surface area contributed by atoms with Crippen molar-refractivity contribution in [2.75, 3.05) is 12.4 Å². The Morgan fingerprint density at radius 3 is 2.67 bits per heavy atom. The molecule has 0 radical (unpaired) electrons. The number of hydrogen-bond acceptors (Lipinski definition) is 4. The second-order valence-corrected chi connectivity index (χ2v) is 3.45. The predicted molar refractivity (Wildman–Crippen MR) is 58.3 cm³/mol. The average Bonchev–Trinajstić information content (AvgIpc) is 2.21. The van der Waals surface area contributed by atoms with Crippen LogP contribution >= 0.6 is 0 Å². The number of aryl methyl sites for hydroxylation is 2. The van der Waals surface area contributed by atoms with Crippen molar-refractivity contribution in [3.05, 3.63) is 33.9 Å². The van der Waals surface area contributed by atoms with Gasteiger partial charge < -0.3 is 5.32 Å². The first-order valence-corrected chi connectivity index (χ1v) is 4.67. The number of fused-ring (bicyclic) bond motifs is 1. The van der Waals surface area contributed by atoms with E-state index in [1.165, 1.54) is 4.40 Å². The lowest BCUT2D eigenvalue weighted by molar-refractivity contribution is 0.933. The summed E-state index contributed by atoms with van der Waals surface area (Å²) in [6.07, 6.45) is 1.76. The molecule has 0 amide bonds. The third-order valence-corrected chi connectivity index (χ3v) is 2.39. The Hall–Kier alpha value is -1.91. The number of nitrogens with zero attached hydrogens (tertiary/aromatic N) is 3. The fourth-order valence-electron chi connectivity index (χ4n) is 1.37. The van der Waals surface area contributed by atoms with E-state index in [9.17, 15) is 4.79 Å². The van der Waals surface area contributed by atoms with Crippen LogP contribution in [0.25, 0.3) is 5.65 Å². The van der Waals surface area contributed by atoms with E-state index in [1.807, 2.05) is 19.9 Å². The van der Waals surface area contributed by atoms with Gasteiger partial charge in [-0.3, -0.25) is 4.40 Å². The molecule has 0 aromatic carbocycles. The molecule has 0 bridgehead atoms. The summed E-state index contributed by atoms with van der Waals surface area (Å²) in [6.45, 7) is 3.94. The SMILES string of the molecule is CNc1nc(=O)n2cc(C)c(C)cc2n1. The molecule has 2 heterocycles. The summed E-state index contributed by atoms with van der Waals surface area (Å²) >= 11 is 0. The second kappa shape index (κ2) is 3.34. The Kier molecular flexibility index (Phi) is 2.15. The molecule has 0 fully saturated rings. The van der Waals surface area contributed by atoms with E-state index < -0.39 is 0 Å². The molecule has 0 saturated heterocycles. The maximum atomic E-state index is 11.6. The summed E-state index contributed by atoms with van der Waals surface area (Å²) in [7, 11) is 1.69. The molecule has 0 aliphatic carbocycles. The summed E-state index contributed by atoms with van der Waals surface area (Å²) < 4.78 is 1.45. The Bertz CT molecular complexity index is 573. The second-order valence-electron chi connectivity index (χ2n) is 3.45. The molecule has 2 rings (SSSR count). The van der Waals surface area contributed by atoms with Gasteiger partial charge in [-0.1, -0.05) is 0 Å². The minimum atomic E-state index is -0.313. The highest BCUT2D eigenvalue weighted by molar-refractivity contribution is 5.46. The summed E-state index contributed by atoms with van der Waals surface area (Å²) in [6, 6.07) is 1.87. The van der Waals surface area contributed by atoms with Gasteiger partial charge in [-0.25, -0.2) is 4.79 Å². The number of hydrogen-bond donors (Lipinski definition) is 1. The van der Waals surface area contributed by atoms with Crippen LogP contribution in [-0.4, -0.2) is 21.4 Å². The van der Waals surface area contributed by atoms with Crippen molar-refractivity contribution in [3.8, 4) is 0 Å². The largest absolute Gasteiger partial charge is 0.357 e. The van der Waals surface area contributed by atoms with Gasteiger partial charge in [0.2, 0.25) is 5.95 Å². The smallest absolute Gasteiger partial charge is 0.356 e. The first-order valence-electron chi connectivity index (χ1n) is 4.67. The molecule has 2 aromatic heterocycles. The molecule has 0 aliphatic rings. The molecule has 0 unspecified atom stereocenters. The molecule has 0 atom stereocenters.